The van der Waals surface area contributed by atoms with Gasteiger partial charge in [-0.25, -0.2) is 13.4 Å². The number of nitrogens with zero attached hydrogens (tertiary/aromatic N) is 4. The molecule has 1 atom stereocenters. The van der Waals surface area contributed by atoms with Crippen molar-refractivity contribution in [3.8, 4) is 0 Å². The van der Waals surface area contributed by atoms with Crippen molar-refractivity contribution in [1.82, 2.24) is 14.8 Å². The highest BCUT2D eigenvalue weighted by Gasteiger charge is 2.36. The van der Waals surface area contributed by atoms with Gasteiger partial charge >= 0.3 is 0 Å². The van der Waals surface area contributed by atoms with Gasteiger partial charge in [-0.05, 0) is 31.9 Å². The second-order valence-electron chi connectivity index (χ2n) is 9.50. The van der Waals surface area contributed by atoms with Gasteiger partial charge in [0.15, 0.2) is 20.7 Å². The molecular formula is C25H33N5O6S2. The number of carbonyl (C=O) groups is 2. The van der Waals surface area contributed by atoms with Crippen LogP contribution >= 0.6 is 11.3 Å². The van der Waals surface area contributed by atoms with Crippen LogP contribution in [0.4, 0.5) is 5.13 Å². The zero-order valence-electron chi connectivity index (χ0n) is 21.5. The fraction of sp³-hybridized carbons (Fsp3) is 0.520. The molecule has 0 spiro atoms. The van der Waals surface area contributed by atoms with E-state index < -0.39 is 15.7 Å². The van der Waals surface area contributed by atoms with Crippen LogP contribution < -0.4 is 5.32 Å². The Morgan fingerprint density at radius 3 is 2.61 bits per heavy atom. The van der Waals surface area contributed by atoms with Crippen LogP contribution in [-0.2, 0) is 30.8 Å². The maximum Gasteiger partial charge on any atom is 0.280 e. The summed E-state index contributed by atoms with van der Waals surface area (Å²) in [6.45, 7) is 6.52. The summed E-state index contributed by atoms with van der Waals surface area (Å²) < 4.78 is 25.0. The number of aliphatic hydroxyl groups is 1. The van der Waals surface area contributed by atoms with Crippen LogP contribution in [0.3, 0.4) is 0 Å². The summed E-state index contributed by atoms with van der Waals surface area (Å²) in [4.78, 5) is 39.7. The number of aliphatic hydroxyl groups excluding tert-OH is 1. The Morgan fingerprint density at radius 1 is 1.24 bits per heavy atom. The fourth-order valence-electron chi connectivity index (χ4n) is 4.30. The Bertz CT molecular complexity index is 1270. The molecule has 13 heteroatoms. The molecule has 0 unspecified atom stereocenters. The predicted molar refractivity (Wildman–Crippen MR) is 144 cm³/mol. The van der Waals surface area contributed by atoms with Gasteiger partial charge in [-0.1, -0.05) is 17.3 Å². The minimum absolute atomic E-state index is 0.0239. The van der Waals surface area contributed by atoms with Crippen molar-refractivity contribution >= 4 is 43.8 Å². The number of carbonyl (C=O) groups excluding carboxylic acids is 2. The highest BCUT2D eigenvalue weighted by Crippen LogP contribution is 2.33. The topological polar surface area (TPSA) is 142 Å². The number of hydrogen-bond acceptors (Lipinski definition) is 10. The summed E-state index contributed by atoms with van der Waals surface area (Å²) in [5.41, 5.74) is 0.375. The summed E-state index contributed by atoms with van der Waals surface area (Å²) in [5, 5.41) is 15.8. The Labute approximate surface area is 226 Å². The number of nitrogens with one attached hydrogen (secondary N) is 1. The summed E-state index contributed by atoms with van der Waals surface area (Å²) in [5.74, 6) is -0.465. The lowest BCUT2D eigenvalue weighted by Gasteiger charge is -2.39. The molecule has 2 fully saturated rings. The van der Waals surface area contributed by atoms with Crippen LogP contribution in [-0.4, -0.2) is 90.0 Å². The number of piperazine rings is 1. The third-order valence-electron chi connectivity index (χ3n) is 6.45. The number of rotatable bonds is 11. The van der Waals surface area contributed by atoms with E-state index in [2.05, 4.69) is 20.4 Å². The van der Waals surface area contributed by atoms with Crippen molar-refractivity contribution in [1.29, 1.82) is 0 Å². The number of sulfone groups is 1. The smallest absolute Gasteiger partial charge is 0.280 e. The summed E-state index contributed by atoms with van der Waals surface area (Å²) in [7, 11) is -3.35. The third-order valence-corrected chi connectivity index (χ3v) is 9.63. The van der Waals surface area contributed by atoms with Crippen molar-refractivity contribution in [2.24, 2.45) is 5.16 Å². The highest BCUT2D eigenvalue weighted by atomic mass is 32.2. The van der Waals surface area contributed by atoms with Crippen LogP contribution in [0.5, 0.6) is 0 Å². The first-order chi connectivity index (χ1) is 18.2. The van der Waals surface area contributed by atoms with E-state index in [9.17, 15) is 18.0 Å². The number of aromatic nitrogens is 1. The molecule has 1 saturated heterocycles. The normalized spacial score (nSPS) is 18.9. The molecule has 2 aromatic rings. The van der Waals surface area contributed by atoms with Gasteiger partial charge < -0.3 is 14.8 Å². The van der Waals surface area contributed by atoms with Gasteiger partial charge in [0.05, 0.1) is 10.1 Å². The number of thiazole rings is 1. The maximum atomic E-state index is 13.1. The summed E-state index contributed by atoms with van der Waals surface area (Å²) in [6, 6.07) is 6.17. The average molecular weight is 564 g/mol. The zero-order valence-corrected chi connectivity index (χ0v) is 23.1. The molecule has 2 amide bonds. The number of oxime groups is 1. The highest BCUT2D eigenvalue weighted by molar-refractivity contribution is 7.92. The molecule has 0 radical (unpaired) electrons. The molecule has 11 nitrogen and oxygen atoms in total. The largest absolute Gasteiger partial charge is 0.396 e. The molecular weight excluding hydrogens is 530 g/mol. The van der Waals surface area contributed by atoms with Gasteiger partial charge in [0.2, 0.25) is 5.91 Å². The molecule has 2 aliphatic rings. The minimum Gasteiger partial charge on any atom is -0.396 e. The van der Waals surface area contributed by atoms with Crippen molar-refractivity contribution in [3.05, 3.63) is 40.9 Å². The van der Waals surface area contributed by atoms with Crippen LogP contribution in [0.1, 0.15) is 43.6 Å². The van der Waals surface area contributed by atoms with Crippen molar-refractivity contribution < 1.29 is 28.0 Å². The van der Waals surface area contributed by atoms with Crippen molar-refractivity contribution in [3.63, 3.8) is 0 Å². The van der Waals surface area contributed by atoms with Gasteiger partial charge in [-0.3, -0.25) is 19.8 Å². The first kappa shape index (κ1) is 28.1. The van der Waals surface area contributed by atoms with Gasteiger partial charge in [0.25, 0.3) is 5.91 Å². The van der Waals surface area contributed by atoms with Crippen LogP contribution in [0.25, 0.3) is 0 Å². The quantitative estimate of drug-likeness (QED) is 0.240. The fourth-order valence-corrected chi connectivity index (χ4v) is 6.80. The van der Waals surface area contributed by atoms with E-state index in [0.717, 1.165) is 18.0 Å². The molecule has 1 aliphatic carbocycles. The van der Waals surface area contributed by atoms with Gasteiger partial charge in [-0.15, -0.1) is 11.3 Å². The van der Waals surface area contributed by atoms with E-state index in [1.54, 1.807) is 13.1 Å². The van der Waals surface area contributed by atoms with Gasteiger partial charge in [0.1, 0.15) is 6.61 Å². The number of benzene rings is 1. The third kappa shape index (κ3) is 6.95. The van der Waals surface area contributed by atoms with Crippen LogP contribution in [0.15, 0.2) is 40.5 Å². The lowest BCUT2D eigenvalue weighted by molar-refractivity contribution is -0.133. The van der Waals surface area contributed by atoms with E-state index in [0.29, 0.717) is 43.0 Å². The van der Waals surface area contributed by atoms with E-state index in [-0.39, 0.29) is 41.0 Å². The first-order valence-electron chi connectivity index (χ1n) is 12.6. The molecule has 1 saturated carbocycles. The lowest BCUT2D eigenvalue weighted by atomic mass is 10.1. The predicted octanol–water partition coefficient (Wildman–Crippen LogP) is 1.87. The van der Waals surface area contributed by atoms with Gasteiger partial charge in [-0.2, -0.15) is 0 Å². The Balaban J connectivity index is 1.43. The Morgan fingerprint density at radius 2 is 1.97 bits per heavy atom. The van der Waals surface area contributed by atoms with Crippen molar-refractivity contribution in [2.45, 2.75) is 55.8 Å². The molecule has 1 aromatic heterocycles. The Kier molecular flexibility index (Phi) is 9.13. The number of amides is 2. The van der Waals surface area contributed by atoms with E-state index in [1.165, 1.54) is 35.6 Å². The first-order valence-corrected chi connectivity index (χ1v) is 15.0. The summed E-state index contributed by atoms with van der Waals surface area (Å²) in [6.07, 6.45) is 3.41. The molecule has 4 rings (SSSR count). The average Bonchev–Trinajstić information content (AvgIpc) is 3.66. The molecule has 38 heavy (non-hydrogen) atoms. The number of anilines is 1. The second-order valence-corrected chi connectivity index (χ2v) is 12.8. The minimum atomic E-state index is -3.35. The van der Waals surface area contributed by atoms with E-state index in [4.69, 9.17) is 9.94 Å². The van der Waals surface area contributed by atoms with Crippen LogP contribution in [0.2, 0.25) is 0 Å². The van der Waals surface area contributed by atoms with E-state index >= 15 is 0 Å². The molecule has 2 N–H and O–H groups in total. The molecule has 206 valence electrons. The lowest BCUT2D eigenvalue weighted by Crippen LogP contribution is -2.52. The standard InChI is InChI=1S/C25H33N5O6S2/c1-17-15-29(10-11-30(17)18(2)32)16-20-14-26-25(37-20)27-24(33)23(28-36-13-3-12-31)19-4-6-21(7-5-19)38(34,35)22-8-9-22/h4-7,14,17,22,31H,3,8-13,15-16H2,1-2H3,(H,26,27,33)/b28-23+/t17-/m0/s1. The number of hydrogen-bond donors (Lipinski definition) is 2. The SMILES string of the molecule is CC(=O)N1CCN(Cc2cnc(NC(=O)/C(=N/OCCCO)c3ccc(S(=O)(=O)C4CC4)cc3)s2)C[C@@H]1C. The molecule has 2 heterocycles. The maximum absolute atomic E-state index is 13.1. The molecule has 0 bridgehead atoms. The monoisotopic (exact) mass is 563 g/mol. The zero-order chi connectivity index (χ0) is 27.3. The second kappa shape index (κ2) is 12.3. The van der Waals surface area contributed by atoms with E-state index in [1.807, 2.05) is 11.8 Å². The van der Waals surface area contributed by atoms with Gasteiger partial charge in [0, 0.05) is 68.8 Å². The summed E-state index contributed by atoms with van der Waals surface area (Å²) >= 11 is 1.35. The molecule has 1 aliphatic heterocycles. The van der Waals surface area contributed by atoms with Crippen LogP contribution in [0, 0.1) is 0 Å². The van der Waals surface area contributed by atoms with Crippen molar-refractivity contribution in [2.75, 3.05) is 38.2 Å². The molecule has 1 aromatic carbocycles. The Hall–Kier alpha value is -2.87.